The number of allylic oxidation sites excluding steroid dienone is 3. The Balaban J connectivity index is 3.06. The maximum absolute atomic E-state index is 9.69. The van der Waals surface area contributed by atoms with E-state index >= 15 is 0 Å². The van der Waals surface area contributed by atoms with Crippen molar-refractivity contribution in [2.75, 3.05) is 0 Å². The molecule has 0 saturated carbocycles. The van der Waals surface area contributed by atoms with Gasteiger partial charge < -0.3 is 4.79 Å². The Bertz CT molecular complexity index is 80.6. The Labute approximate surface area is 49.7 Å². The maximum atomic E-state index is 9.69. The highest BCUT2D eigenvalue weighted by molar-refractivity contribution is 5.51. The Hall–Kier alpha value is -0.850. The van der Waals surface area contributed by atoms with Gasteiger partial charge in [-0.05, 0) is 6.42 Å². The predicted molar refractivity (Wildman–Crippen MR) is 34.6 cm³/mol. The van der Waals surface area contributed by atoms with Crippen molar-refractivity contribution >= 4 is 6.29 Å². The molecular weight excluding hydrogens is 100 g/mol. The molecule has 0 atom stereocenters. The number of carbonyl (C=O) groups is 1. The van der Waals surface area contributed by atoms with Crippen molar-refractivity contribution in [1.29, 1.82) is 0 Å². The lowest BCUT2D eigenvalue weighted by molar-refractivity contribution is -0.107. The first-order valence-electron chi connectivity index (χ1n) is 2.61. The summed E-state index contributed by atoms with van der Waals surface area (Å²) in [5, 5.41) is 0. The molecular formula is C7H10O. The molecule has 1 nitrogen and oxygen atoms in total. The first-order valence-corrected chi connectivity index (χ1v) is 2.61. The van der Waals surface area contributed by atoms with Crippen LogP contribution in [0.1, 0.15) is 12.8 Å². The molecule has 0 saturated heterocycles. The average molecular weight is 110 g/mol. The minimum atomic E-state index is 0.522. The SMILES string of the molecule is C=CCC=CCC=O. The second kappa shape index (κ2) is 6.15. The monoisotopic (exact) mass is 110 g/mol. The third kappa shape index (κ3) is 5.15. The Morgan fingerprint density at radius 2 is 1.88 bits per heavy atom. The highest BCUT2D eigenvalue weighted by Crippen LogP contribution is 1.83. The first kappa shape index (κ1) is 7.15. The number of aldehydes is 1. The Morgan fingerprint density at radius 3 is 2.38 bits per heavy atom. The van der Waals surface area contributed by atoms with Crippen molar-refractivity contribution < 1.29 is 4.79 Å². The van der Waals surface area contributed by atoms with Crippen LogP contribution >= 0.6 is 0 Å². The maximum Gasteiger partial charge on any atom is 0.123 e. The number of carbonyl (C=O) groups excluding carboxylic acids is 1. The zero-order valence-corrected chi connectivity index (χ0v) is 4.84. The van der Waals surface area contributed by atoms with Gasteiger partial charge in [0, 0.05) is 6.42 Å². The molecule has 0 aromatic carbocycles. The fraction of sp³-hybridized carbons (Fsp3) is 0.286. The zero-order valence-electron chi connectivity index (χ0n) is 4.84. The molecule has 0 aliphatic rings. The van der Waals surface area contributed by atoms with Gasteiger partial charge in [-0.2, -0.15) is 0 Å². The predicted octanol–water partition coefficient (Wildman–Crippen LogP) is 1.71. The molecule has 0 aromatic heterocycles. The molecule has 0 radical (unpaired) electrons. The van der Waals surface area contributed by atoms with Crippen molar-refractivity contribution in [1.82, 2.24) is 0 Å². The van der Waals surface area contributed by atoms with Gasteiger partial charge in [0.25, 0.3) is 0 Å². The Morgan fingerprint density at radius 1 is 1.25 bits per heavy atom. The van der Waals surface area contributed by atoms with E-state index in [4.69, 9.17) is 0 Å². The quantitative estimate of drug-likeness (QED) is 0.397. The van der Waals surface area contributed by atoms with E-state index in [1.807, 2.05) is 12.2 Å². The summed E-state index contributed by atoms with van der Waals surface area (Å²) < 4.78 is 0. The molecule has 8 heavy (non-hydrogen) atoms. The minimum absolute atomic E-state index is 0.522. The van der Waals surface area contributed by atoms with E-state index in [1.54, 1.807) is 6.08 Å². The van der Waals surface area contributed by atoms with Gasteiger partial charge in [-0.25, -0.2) is 0 Å². The minimum Gasteiger partial charge on any atom is -0.303 e. The molecule has 0 rings (SSSR count). The molecule has 0 unspecified atom stereocenters. The second-order valence-corrected chi connectivity index (χ2v) is 1.40. The topological polar surface area (TPSA) is 17.1 Å². The fourth-order valence-electron chi connectivity index (χ4n) is 0.344. The van der Waals surface area contributed by atoms with Gasteiger partial charge in [-0.3, -0.25) is 0 Å². The van der Waals surface area contributed by atoms with Crippen LogP contribution in [0.2, 0.25) is 0 Å². The summed E-state index contributed by atoms with van der Waals surface area (Å²) in [5.41, 5.74) is 0. The standard InChI is InChI=1S/C7H10O/c1-2-3-4-5-6-7-8/h2,4-5,7H,1,3,6H2. The van der Waals surface area contributed by atoms with Gasteiger partial charge in [0.05, 0.1) is 0 Å². The summed E-state index contributed by atoms with van der Waals surface area (Å²) in [6.45, 7) is 3.52. The van der Waals surface area contributed by atoms with E-state index < -0.39 is 0 Å². The number of hydrogen-bond donors (Lipinski definition) is 0. The van der Waals surface area contributed by atoms with Gasteiger partial charge in [-0.1, -0.05) is 18.2 Å². The smallest absolute Gasteiger partial charge is 0.123 e. The second-order valence-electron chi connectivity index (χ2n) is 1.40. The van der Waals surface area contributed by atoms with Crippen LogP contribution in [0.15, 0.2) is 24.8 Å². The highest BCUT2D eigenvalue weighted by atomic mass is 16.1. The lowest BCUT2D eigenvalue weighted by Gasteiger charge is -1.75. The summed E-state index contributed by atoms with van der Waals surface area (Å²) in [4.78, 5) is 9.69. The summed E-state index contributed by atoms with van der Waals surface area (Å²) in [5.74, 6) is 0. The van der Waals surface area contributed by atoms with Gasteiger partial charge in [0.15, 0.2) is 0 Å². The van der Waals surface area contributed by atoms with Crippen LogP contribution in [0.25, 0.3) is 0 Å². The first-order chi connectivity index (χ1) is 3.91. The van der Waals surface area contributed by atoms with Crippen molar-refractivity contribution in [3.63, 3.8) is 0 Å². The third-order valence-electron chi connectivity index (χ3n) is 0.702. The van der Waals surface area contributed by atoms with Crippen molar-refractivity contribution in [2.45, 2.75) is 12.8 Å². The van der Waals surface area contributed by atoms with E-state index in [1.165, 1.54) is 0 Å². The van der Waals surface area contributed by atoms with Crippen LogP contribution in [0.3, 0.4) is 0 Å². The normalized spacial score (nSPS) is 9.50. The number of hydrogen-bond acceptors (Lipinski definition) is 1. The summed E-state index contributed by atoms with van der Waals surface area (Å²) in [6.07, 6.45) is 7.79. The molecule has 0 bridgehead atoms. The van der Waals surface area contributed by atoms with E-state index in [9.17, 15) is 4.79 Å². The van der Waals surface area contributed by atoms with Crippen LogP contribution < -0.4 is 0 Å². The molecule has 0 amide bonds. The zero-order chi connectivity index (χ0) is 6.24. The largest absolute Gasteiger partial charge is 0.303 e. The van der Waals surface area contributed by atoms with Crippen LogP contribution in [-0.4, -0.2) is 6.29 Å². The van der Waals surface area contributed by atoms with Crippen LogP contribution in [-0.2, 0) is 4.79 Å². The van der Waals surface area contributed by atoms with Gasteiger partial charge in [0.1, 0.15) is 6.29 Å². The third-order valence-corrected chi connectivity index (χ3v) is 0.702. The van der Waals surface area contributed by atoms with Gasteiger partial charge >= 0.3 is 0 Å². The molecule has 0 spiro atoms. The summed E-state index contributed by atoms with van der Waals surface area (Å²) in [7, 11) is 0. The molecule has 44 valence electrons. The van der Waals surface area contributed by atoms with E-state index in [0.29, 0.717) is 6.42 Å². The van der Waals surface area contributed by atoms with Crippen molar-refractivity contribution in [3.05, 3.63) is 24.8 Å². The summed E-state index contributed by atoms with van der Waals surface area (Å²) in [6, 6.07) is 0. The fourth-order valence-corrected chi connectivity index (χ4v) is 0.344. The van der Waals surface area contributed by atoms with Crippen LogP contribution in [0, 0.1) is 0 Å². The molecule has 1 heteroatoms. The highest BCUT2D eigenvalue weighted by Gasteiger charge is 1.68. The average Bonchev–Trinajstić information content (AvgIpc) is 1.81. The van der Waals surface area contributed by atoms with E-state index in [2.05, 4.69) is 6.58 Å². The lowest BCUT2D eigenvalue weighted by Crippen LogP contribution is -1.64. The van der Waals surface area contributed by atoms with Gasteiger partial charge in [-0.15, -0.1) is 6.58 Å². The molecule has 0 aromatic rings. The molecule has 0 heterocycles. The van der Waals surface area contributed by atoms with Crippen LogP contribution in [0.5, 0.6) is 0 Å². The van der Waals surface area contributed by atoms with Crippen molar-refractivity contribution in [3.8, 4) is 0 Å². The lowest BCUT2D eigenvalue weighted by atomic mass is 10.3. The molecule has 0 N–H and O–H groups in total. The number of rotatable bonds is 4. The van der Waals surface area contributed by atoms with Crippen molar-refractivity contribution in [2.24, 2.45) is 0 Å². The van der Waals surface area contributed by atoms with Crippen LogP contribution in [0.4, 0.5) is 0 Å². The van der Waals surface area contributed by atoms with E-state index in [-0.39, 0.29) is 0 Å². The molecule has 0 aliphatic carbocycles. The summed E-state index contributed by atoms with van der Waals surface area (Å²) >= 11 is 0. The molecule has 0 fully saturated rings. The van der Waals surface area contributed by atoms with E-state index in [0.717, 1.165) is 12.7 Å². The molecule has 0 aliphatic heterocycles. The Kier molecular flexibility index (Phi) is 5.50. The van der Waals surface area contributed by atoms with Gasteiger partial charge in [0.2, 0.25) is 0 Å².